The molecule has 2 unspecified atom stereocenters. The van der Waals surface area contributed by atoms with Gasteiger partial charge in [-0.2, -0.15) is 0 Å². The van der Waals surface area contributed by atoms with Crippen molar-refractivity contribution in [3.05, 3.63) is 0 Å². The number of carbonyl (C=O) groups excluding carboxylic acids is 1. The van der Waals surface area contributed by atoms with Gasteiger partial charge in [0.1, 0.15) is 0 Å². The lowest BCUT2D eigenvalue weighted by atomic mass is 9.92. The molecule has 2 atom stereocenters. The molecule has 3 heteroatoms. The van der Waals surface area contributed by atoms with E-state index in [9.17, 15) is 4.79 Å². The van der Waals surface area contributed by atoms with Gasteiger partial charge >= 0.3 is 0 Å². The zero-order valence-electron chi connectivity index (χ0n) is 10.6. The molecular formula is C12H24N2O. The van der Waals surface area contributed by atoms with Crippen LogP contribution < -0.4 is 5.32 Å². The molecule has 88 valence electrons. The van der Waals surface area contributed by atoms with Crippen molar-refractivity contribution in [3.63, 3.8) is 0 Å². The Bertz CT molecular complexity index is 236. The van der Waals surface area contributed by atoms with Gasteiger partial charge in [-0.15, -0.1) is 0 Å². The van der Waals surface area contributed by atoms with Crippen LogP contribution in [0.5, 0.6) is 0 Å². The van der Waals surface area contributed by atoms with Gasteiger partial charge in [0.25, 0.3) is 0 Å². The van der Waals surface area contributed by atoms with Gasteiger partial charge in [-0.1, -0.05) is 13.8 Å². The minimum Gasteiger partial charge on any atom is -0.347 e. The maximum absolute atomic E-state index is 11.7. The number of nitrogens with one attached hydrogen (secondary N) is 1. The van der Waals surface area contributed by atoms with Crippen molar-refractivity contribution in [2.75, 3.05) is 14.1 Å². The zero-order valence-corrected chi connectivity index (χ0v) is 10.6. The Morgan fingerprint density at radius 1 is 1.47 bits per heavy atom. The van der Waals surface area contributed by atoms with Crippen LogP contribution in [0.1, 0.15) is 40.0 Å². The van der Waals surface area contributed by atoms with Crippen LogP contribution in [-0.2, 0) is 4.79 Å². The Labute approximate surface area is 93.2 Å². The summed E-state index contributed by atoms with van der Waals surface area (Å²) < 4.78 is 0. The van der Waals surface area contributed by atoms with E-state index in [4.69, 9.17) is 0 Å². The van der Waals surface area contributed by atoms with E-state index in [1.807, 2.05) is 6.92 Å². The summed E-state index contributed by atoms with van der Waals surface area (Å²) in [5.41, 5.74) is 0.443. The number of rotatable bonds is 3. The maximum atomic E-state index is 11.7. The molecule has 1 aliphatic carbocycles. The Kier molecular flexibility index (Phi) is 3.77. The summed E-state index contributed by atoms with van der Waals surface area (Å²) in [5.74, 6) is 0.166. The first-order valence-electron chi connectivity index (χ1n) is 5.79. The van der Waals surface area contributed by atoms with Gasteiger partial charge in [0.2, 0.25) is 5.91 Å². The van der Waals surface area contributed by atoms with Crippen LogP contribution in [0.2, 0.25) is 0 Å². The summed E-state index contributed by atoms with van der Waals surface area (Å²) in [6, 6.07) is 0.456. The lowest BCUT2D eigenvalue weighted by molar-refractivity contribution is -0.130. The minimum absolute atomic E-state index is 0.0566. The van der Waals surface area contributed by atoms with Crippen molar-refractivity contribution < 1.29 is 4.79 Å². The van der Waals surface area contributed by atoms with E-state index in [-0.39, 0.29) is 11.9 Å². The van der Waals surface area contributed by atoms with E-state index in [2.05, 4.69) is 19.2 Å². The molecule has 1 N–H and O–H groups in total. The topological polar surface area (TPSA) is 32.3 Å². The van der Waals surface area contributed by atoms with Gasteiger partial charge in [-0.3, -0.25) is 4.79 Å². The molecule has 3 nitrogen and oxygen atoms in total. The van der Waals surface area contributed by atoms with E-state index in [0.717, 1.165) is 0 Å². The number of nitrogens with zero attached hydrogens (tertiary/aromatic N) is 1. The third-order valence-electron chi connectivity index (χ3n) is 3.27. The number of hydrogen-bond donors (Lipinski definition) is 1. The number of carbonyl (C=O) groups is 1. The van der Waals surface area contributed by atoms with Gasteiger partial charge in [0, 0.05) is 20.1 Å². The quantitative estimate of drug-likeness (QED) is 0.771. The van der Waals surface area contributed by atoms with Gasteiger partial charge in [-0.25, -0.2) is 0 Å². The summed E-state index contributed by atoms with van der Waals surface area (Å²) in [6.45, 7) is 6.55. The third kappa shape index (κ3) is 3.49. The first kappa shape index (κ1) is 12.5. The van der Waals surface area contributed by atoms with Gasteiger partial charge in [0.15, 0.2) is 0 Å². The molecule has 0 saturated heterocycles. The van der Waals surface area contributed by atoms with Crippen LogP contribution in [0.4, 0.5) is 0 Å². The molecule has 0 heterocycles. The van der Waals surface area contributed by atoms with E-state index in [1.54, 1.807) is 19.0 Å². The highest BCUT2D eigenvalue weighted by Crippen LogP contribution is 2.37. The van der Waals surface area contributed by atoms with Crippen LogP contribution in [-0.4, -0.2) is 37.0 Å². The molecule has 1 aliphatic rings. The van der Waals surface area contributed by atoms with Crippen LogP contribution >= 0.6 is 0 Å². The Morgan fingerprint density at radius 2 is 2.07 bits per heavy atom. The van der Waals surface area contributed by atoms with Crippen molar-refractivity contribution in [3.8, 4) is 0 Å². The Balaban J connectivity index is 2.40. The highest BCUT2D eigenvalue weighted by molar-refractivity contribution is 5.80. The monoisotopic (exact) mass is 212 g/mol. The van der Waals surface area contributed by atoms with Crippen molar-refractivity contribution in [2.45, 2.75) is 52.1 Å². The zero-order chi connectivity index (χ0) is 11.6. The average Bonchev–Trinajstić information content (AvgIpc) is 2.43. The Hall–Kier alpha value is -0.570. The van der Waals surface area contributed by atoms with E-state index < -0.39 is 0 Å². The van der Waals surface area contributed by atoms with E-state index in [0.29, 0.717) is 11.5 Å². The standard InChI is InChI=1S/C12H24N2O/c1-9(11(15)14(4)5)13-10-6-7-12(2,3)8-10/h9-10,13H,6-8H2,1-5H3. The molecule has 0 aromatic carbocycles. The fraction of sp³-hybridized carbons (Fsp3) is 0.917. The predicted octanol–water partition coefficient (Wildman–Crippen LogP) is 1.63. The first-order chi connectivity index (χ1) is 6.82. The molecule has 1 amide bonds. The lowest BCUT2D eigenvalue weighted by Crippen LogP contribution is -2.45. The van der Waals surface area contributed by atoms with Crippen molar-refractivity contribution in [1.29, 1.82) is 0 Å². The van der Waals surface area contributed by atoms with Crippen LogP contribution in [0.25, 0.3) is 0 Å². The number of hydrogen-bond acceptors (Lipinski definition) is 2. The van der Waals surface area contributed by atoms with Gasteiger partial charge < -0.3 is 10.2 Å². The summed E-state index contributed by atoms with van der Waals surface area (Å²) in [7, 11) is 3.61. The second-order valence-electron chi connectivity index (χ2n) is 5.72. The molecule has 0 bridgehead atoms. The minimum atomic E-state index is -0.0566. The molecular weight excluding hydrogens is 188 g/mol. The number of amides is 1. The second-order valence-corrected chi connectivity index (χ2v) is 5.72. The molecule has 0 aromatic heterocycles. The molecule has 1 fully saturated rings. The average molecular weight is 212 g/mol. The molecule has 0 radical (unpaired) electrons. The lowest BCUT2D eigenvalue weighted by Gasteiger charge is -2.23. The van der Waals surface area contributed by atoms with Crippen LogP contribution in [0.15, 0.2) is 0 Å². The van der Waals surface area contributed by atoms with E-state index in [1.165, 1.54) is 19.3 Å². The van der Waals surface area contributed by atoms with Crippen molar-refractivity contribution >= 4 is 5.91 Å². The van der Waals surface area contributed by atoms with E-state index >= 15 is 0 Å². The van der Waals surface area contributed by atoms with Crippen molar-refractivity contribution in [2.24, 2.45) is 5.41 Å². The van der Waals surface area contributed by atoms with Gasteiger partial charge in [-0.05, 0) is 31.6 Å². The fourth-order valence-electron chi connectivity index (χ4n) is 2.39. The molecule has 0 aliphatic heterocycles. The summed E-state index contributed by atoms with van der Waals surface area (Å²) in [6.07, 6.45) is 3.63. The van der Waals surface area contributed by atoms with Crippen LogP contribution in [0.3, 0.4) is 0 Å². The Morgan fingerprint density at radius 3 is 2.47 bits per heavy atom. The molecule has 15 heavy (non-hydrogen) atoms. The van der Waals surface area contributed by atoms with Crippen molar-refractivity contribution in [1.82, 2.24) is 10.2 Å². The molecule has 0 spiro atoms. The molecule has 0 aromatic rings. The highest BCUT2D eigenvalue weighted by Gasteiger charge is 2.32. The summed E-state index contributed by atoms with van der Waals surface area (Å²) in [5, 5.41) is 3.42. The summed E-state index contributed by atoms with van der Waals surface area (Å²) in [4.78, 5) is 13.3. The largest absolute Gasteiger partial charge is 0.347 e. The predicted molar refractivity (Wildman–Crippen MR) is 62.7 cm³/mol. The normalized spacial score (nSPS) is 26.3. The highest BCUT2D eigenvalue weighted by atomic mass is 16.2. The SMILES string of the molecule is CC(NC1CCC(C)(C)C1)C(=O)N(C)C. The van der Waals surface area contributed by atoms with Gasteiger partial charge in [0.05, 0.1) is 6.04 Å². The second kappa shape index (κ2) is 4.52. The fourth-order valence-corrected chi connectivity index (χ4v) is 2.39. The molecule has 1 rings (SSSR count). The molecule has 1 saturated carbocycles. The number of likely N-dealkylation sites (N-methyl/N-ethyl adjacent to an activating group) is 1. The third-order valence-corrected chi connectivity index (χ3v) is 3.27. The maximum Gasteiger partial charge on any atom is 0.238 e. The van der Waals surface area contributed by atoms with Crippen LogP contribution in [0, 0.1) is 5.41 Å². The smallest absolute Gasteiger partial charge is 0.238 e. The first-order valence-corrected chi connectivity index (χ1v) is 5.79. The summed E-state index contributed by atoms with van der Waals surface area (Å²) >= 11 is 0.